The highest BCUT2D eigenvalue weighted by Crippen LogP contribution is 2.32. The number of hydrogen-bond donors (Lipinski definition) is 2. The summed E-state index contributed by atoms with van der Waals surface area (Å²) in [5, 5.41) is 13.7. The molecule has 0 saturated heterocycles. The van der Waals surface area contributed by atoms with Crippen molar-refractivity contribution in [1.29, 1.82) is 0 Å². The Morgan fingerprint density at radius 3 is 2.69 bits per heavy atom. The van der Waals surface area contributed by atoms with E-state index in [4.69, 9.17) is 14.5 Å². The van der Waals surface area contributed by atoms with Gasteiger partial charge in [0.1, 0.15) is 22.4 Å². The number of amides is 1. The third-order valence-electron chi connectivity index (χ3n) is 6.03. The van der Waals surface area contributed by atoms with E-state index in [1.807, 2.05) is 13.2 Å². The number of benzene rings is 1. The maximum atomic E-state index is 15.2. The Bertz CT molecular complexity index is 1540. The molecule has 3 aromatic heterocycles. The zero-order valence-corrected chi connectivity index (χ0v) is 22.8. The summed E-state index contributed by atoms with van der Waals surface area (Å²) in [6, 6.07) is 6.36. The number of aromatic nitrogens is 5. The van der Waals surface area contributed by atoms with Gasteiger partial charge < -0.3 is 24.0 Å². The molecule has 206 valence electrons. The quantitative estimate of drug-likeness (QED) is 0.273. The summed E-state index contributed by atoms with van der Waals surface area (Å²) in [7, 11) is 4.65. The summed E-state index contributed by atoms with van der Waals surface area (Å²) >= 11 is 4.16. The second-order valence-corrected chi connectivity index (χ2v) is 9.01. The van der Waals surface area contributed by atoms with Gasteiger partial charge in [0.15, 0.2) is 17.2 Å². The molecule has 13 heteroatoms. The molecular formula is C26H30FN7O4S. The van der Waals surface area contributed by atoms with Gasteiger partial charge in [-0.2, -0.15) is 17.7 Å². The molecule has 0 aliphatic rings. The van der Waals surface area contributed by atoms with E-state index in [2.05, 4.69) is 27.7 Å². The summed E-state index contributed by atoms with van der Waals surface area (Å²) in [5.74, 6) is -0.0234. The molecule has 0 spiro atoms. The zero-order chi connectivity index (χ0) is 27.9. The van der Waals surface area contributed by atoms with Crippen molar-refractivity contribution in [3.8, 4) is 22.8 Å². The zero-order valence-electron chi connectivity index (χ0n) is 21.9. The topological polar surface area (TPSA) is 120 Å². The first-order valence-electron chi connectivity index (χ1n) is 12.2. The van der Waals surface area contributed by atoms with Gasteiger partial charge in [-0.1, -0.05) is 0 Å². The minimum Gasteiger partial charge on any atom is -0.497 e. The minimum absolute atomic E-state index is 0.00837. The van der Waals surface area contributed by atoms with Gasteiger partial charge in [-0.05, 0) is 17.9 Å². The van der Waals surface area contributed by atoms with Crippen LogP contribution in [0, 0.1) is 5.82 Å². The van der Waals surface area contributed by atoms with Crippen LogP contribution in [0.5, 0.6) is 11.5 Å². The fourth-order valence-corrected chi connectivity index (χ4v) is 4.24. The van der Waals surface area contributed by atoms with E-state index in [-0.39, 0.29) is 50.0 Å². The average molecular weight is 556 g/mol. The lowest BCUT2D eigenvalue weighted by molar-refractivity contribution is -0.131. The van der Waals surface area contributed by atoms with Crippen LogP contribution in [0.4, 0.5) is 10.1 Å². The summed E-state index contributed by atoms with van der Waals surface area (Å²) in [6.45, 7) is 0.485. The van der Waals surface area contributed by atoms with E-state index in [1.54, 1.807) is 38.7 Å². The Hall–Kier alpha value is -3.97. The summed E-state index contributed by atoms with van der Waals surface area (Å²) in [5.41, 5.74) is 2.82. The Kier molecular flexibility index (Phi) is 9.15. The first-order valence-corrected chi connectivity index (χ1v) is 12.8. The minimum atomic E-state index is -0.647. The number of nitrogens with zero attached hydrogens (tertiary/aromatic N) is 7. The number of aliphatic hydroxyl groups excluding tert-OH is 1. The number of pyridine rings is 1. The maximum Gasteiger partial charge on any atom is 0.223 e. The average Bonchev–Trinajstić information content (AvgIpc) is 3.38. The van der Waals surface area contributed by atoms with Crippen molar-refractivity contribution >= 4 is 35.4 Å². The molecule has 0 saturated carbocycles. The first-order chi connectivity index (χ1) is 18.9. The number of carbonyl (C=O) groups excluding carboxylic acids is 1. The molecule has 1 amide bonds. The molecular weight excluding hydrogens is 525 g/mol. The monoisotopic (exact) mass is 555 g/mol. The smallest absolute Gasteiger partial charge is 0.223 e. The lowest BCUT2D eigenvalue weighted by Crippen LogP contribution is -2.38. The van der Waals surface area contributed by atoms with Crippen LogP contribution in [-0.2, 0) is 18.4 Å². The van der Waals surface area contributed by atoms with Crippen LogP contribution in [0.3, 0.4) is 0 Å². The summed E-state index contributed by atoms with van der Waals surface area (Å²) in [6.07, 6.45) is 5.40. The molecule has 0 aliphatic heterocycles. The molecule has 3 heterocycles. The Morgan fingerprint density at radius 2 is 2.03 bits per heavy atom. The fraction of sp³-hybridized carbons (Fsp3) is 0.346. The molecule has 4 aromatic rings. The third kappa shape index (κ3) is 6.37. The van der Waals surface area contributed by atoms with Crippen LogP contribution >= 0.6 is 12.6 Å². The van der Waals surface area contributed by atoms with Gasteiger partial charge in [-0.15, -0.1) is 0 Å². The predicted octanol–water partition coefficient (Wildman–Crippen LogP) is 2.36. The molecule has 39 heavy (non-hydrogen) atoms. The van der Waals surface area contributed by atoms with Gasteiger partial charge in [-0.3, -0.25) is 14.5 Å². The van der Waals surface area contributed by atoms with Crippen LogP contribution in [0.1, 0.15) is 6.42 Å². The van der Waals surface area contributed by atoms with Gasteiger partial charge in [0.2, 0.25) is 5.91 Å². The third-order valence-corrected chi connectivity index (χ3v) is 6.25. The molecule has 1 N–H and O–H groups in total. The first kappa shape index (κ1) is 28.0. The standard InChI is InChI=1S/C26H30FN7O4S/c1-32-16-17(14-29-32)21-15-28-19-4-5-23(30-20-12-18(37-2)13-22(38-3)25(20)27)34(26(19)31-21)8-7-33(9-10-35)24(36)6-11-39/h4-5,12-16,35,39H,6-11H2,1-3H3. The number of aliphatic hydroxyl groups is 1. The molecule has 1 aromatic carbocycles. The van der Waals surface area contributed by atoms with Crippen LogP contribution in [0.15, 0.2) is 47.8 Å². The molecule has 0 fully saturated rings. The summed E-state index contributed by atoms with van der Waals surface area (Å²) in [4.78, 5) is 28.2. The van der Waals surface area contributed by atoms with E-state index < -0.39 is 5.82 Å². The van der Waals surface area contributed by atoms with Crippen LogP contribution < -0.4 is 15.0 Å². The molecule has 0 atom stereocenters. The van der Waals surface area contributed by atoms with Crippen LogP contribution in [-0.4, -0.2) is 79.9 Å². The van der Waals surface area contributed by atoms with E-state index in [0.717, 1.165) is 5.56 Å². The largest absolute Gasteiger partial charge is 0.497 e. The highest BCUT2D eigenvalue weighted by molar-refractivity contribution is 7.80. The van der Waals surface area contributed by atoms with Gasteiger partial charge in [-0.25, -0.2) is 14.4 Å². The lowest BCUT2D eigenvalue weighted by atomic mass is 10.2. The van der Waals surface area contributed by atoms with Crippen molar-refractivity contribution in [3.63, 3.8) is 0 Å². The number of thiol groups is 1. The van der Waals surface area contributed by atoms with Crippen molar-refractivity contribution in [2.24, 2.45) is 12.0 Å². The molecule has 0 radical (unpaired) electrons. The highest BCUT2D eigenvalue weighted by Gasteiger charge is 2.16. The SMILES string of the molecule is COc1cc(N=c2ccc3ncc(-c4cnn(C)c4)nc3n2CCN(CCO)C(=O)CCS)c(F)c(OC)c1. The normalized spacial score (nSPS) is 11.7. The number of aryl methyl sites for hydroxylation is 1. The van der Waals surface area contributed by atoms with Crippen LogP contribution in [0.25, 0.3) is 22.4 Å². The lowest BCUT2D eigenvalue weighted by Gasteiger charge is -2.23. The van der Waals surface area contributed by atoms with Gasteiger partial charge in [0, 0.05) is 57.0 Å². The second kappa shape index (κ2) is 12.7. The van der Waals surface area contributed by atoms with E-state index in [1.165, 1.54) is 26.4 Å². The molecule has 0 aliphatic carbocycles. The van der Waals surface area contributed by atoms with Gasteiger partial charge in [0.05, 0.1) is 38.9 Å². The van der Waals surface area contributed by atoms with E-state index in [9.17, 15) is 9.90 Å². The van der Waals surface area contributed by atoms with Gasteiger partial charge in [0.25, 0.3) is 0 Å². The van der Waals surface area contributed by atoms with Crippen molar-refractivity contribution in [2.45, 2.75) is 13.0 Å². The second-order valence-electron chi connectivity index (χ2n) is 8.56. The number of ether oxygens (including phenoxy) is 2. The Labute approximate surface area is 230 Å². The van der Waals surface area contributed by atoms with Crippen molar-refractivity contribution in [2.75, 3.05) is 39.7 Å². The van der Waals surface area contributed by atoms with Crippen LogP contribution in [0.2, 0.25) is 0 Å². The van der Waals surface area contributed by atoms with Crippen molar-refractivity contribution in [3.05, 3.63) is 54.2 Å². The number of carbonyl (C=O) groups is 1. The molecule has 11 nitrogen and oxygen atoms in total. The number of hydrogen-bond acceptors (Lipinski definition) is 9. The fourth-order valence-electron chi connectivity index (χ4n) is 4.05. The molecule has 0 bridgehead atoms. The molecule has 0 unspecified atom stereocenters. The molecule has 4 rings (SSSR count). The Balaban J connectivity index is 1.90. The van der Waals surface area contributed by atoms with E-state index >= 15 is 4.39 Å². The van der Waals surface area contributed by atoms with Gasteiger partial charge >= 0.3 is 0 Å². The Morgan fingerprint density at radius 1 is 1.21 bits per heavy atom. The summed E-state index contributed by atoms with van der Waals surface area (Å²) < 4.78 is 29.1. The van der Waals surface area contributed by atoms with E-state index in [0.29, 0.717) is 33.8 Å². The van der Waals surface area contributed by atoms with Crippen molar-refractivity contribution in [1.82, 2.24) is 29.2 Å². The number of halogens is 1. The van der Waals surface area contributed by atoms with Crippen molar-refractivity contribution < 1.29 is 23.8 Å². The number of fused-ring (bicyclic) bond motifs is 1. The predicted molar refractivity (Wildman–Crippen MR) is 147 cm³/mol. The maximum absolute atomic E-state index is 15.2. The number of rotatable bonds is 11. The number of methoxy groups -OCH3 is 2. The highest BCUT2D eigenvalue weighted by atomic mass is 32.1.